The van der Waals surface area contributed by atoms with Gasteiger partial charge in [-0.2, -0.15) is 5.26 Å². The predicted octanol–water partition coefficient (Wildman–Crippen LogP) is 1.68. The van der Waals surface area contributed by atoms with E-state index in [0.717, 1.165) is 25.8 Å². The van der Waals surface area contributed by atoms with Crippen molar-refractivity contribution in [1.82, 2.24) is 5.32 Å². The Hall–Kier alpha value is -0.590. The van der Waals surface area contributed by atoms with Gasteiger partial charge in [0.2, 0.25) is 0 Å². The van der Waals surface area contributed by atoms with E-state index in [1.807, 2.05) is 6.92 Å². The molecule has 0 saturated carbocycles. The molecule has 0 bridgehead atoms. The molecular weight excluding hydrogens is 176 g/mol. The van der Waals surface area contributed by atoms with Gasteiger partial charge in [0.15, 0.2) is 0 Å². The maximum atomic E-state index is 9.31. The topological polar surface area (TPSA) is 56.0 Å². The lowest BCUT2D eigenvalue weighted by molar-refractivity contribution is 0.111. The van der Waals surface area contributed by atoms with E-state index in [9.17, 15) is 5.11 Å². The zero-order chi connectivity index (χ0) is 11.0. The van der Waals surface area contributed by atoms with Gasteiger partial charge in [0, 0.05) is 18.6 Å². The molecule has 0 rings (SSSR count). The highest BCUT2D eigenvalue weighted by atomic mass is 16.3. The SMILES string of the molecule is CCC(C#N)NCC(CC)(CC)CO. The summed E-state index contributed by atoms with van der Waals surface area (Å²) in [5, 5.41) is 21.3. The number of aliphatic hydroxyl groups is 1. The molecule has 0 fully saturated rings. The van der Waals surface area contributed by atoms with Crippen molar-refractivity contribution in [3.63, 3.8) is 0 Å². The Morgan fingerprint density at radius 3 is 2.21 bits per heavy atom. The van der Waals surface area contributed by atoms with Crippen LogP contribution in [0.5, 0.6) is 0 Å². The molecule has 0 saturated heterocycles. The van der Waals surface area contributed by atoms with Crippen molar-refractivity contribution in [2.45, 2.75) is 46.1 Å². The van der Waals surface area contributed by atoms with Gasteiger partial charge in [-0.3, -0.25) is 0 Å². The van der Waals surface area contributed by atoms with E-state index in [2.05, 4.69) is 25.2 Å². The van der Waals surface area contributed by atoms with Crippen LogP contribution in [0, 0.1) is 16.7 Å². The summed E-state index contributed by atoms with van der Waals surface area (Å²) >= 11 is 0. The van der Waals surface area contributed by atoms with E-state index < -0.39 is 0 Å². The van der Waals surface area contributed by atoms with Crippen LogP contribution in [0.3, 0.4) is 0 Å². The van der Waals surface area contributed by atoms with Crippen LogP contribution in [0.1, 0.15) is 40.0 Å². The minimum atomic E-state index is -0.0842. The summed E-state index contributed by atoms with van der Waals surface area (Å²) in [5.41, 5.74) is -0.0513. The van der Waals surface area contributed by atoms with E-state index in [0.29, 0.717) is 0 Å². The van der Waals surface area contributed by atoms with Gasteiger partial charge in [-0.15, -0.1) is 0 Å². The van der Waals surface area contributed by atoms with Crippen LogP contribution in [-0.2, 0) is 0 Å². The second-order valence-electron chi connectivity index (χ2n) is 3.84. The summed E-state index contributed by atoms with van der Waals surface area (Å²) in [6.07, 6.45) is 2.69. The van der Waals surface area contributed by atoms with Gasteiger partial charge in [0.1, 0.15) is 0 Å². The molecule has 0 aliphatic rings. The summed E-state index contributed by atoms with van der Waals surface area (Å²) < 4.78 is 0. The molecule has 1 atom stereocenters. The lowest BCUT2D eigenvalue weighted by Crippen LogP contribution is -2.40. The Labute approximate surface area is 87.1 Å². The quantitative estimate of drug-likeness (QED) is 0.654. The van der Waals surface area contributed by atoms with Gasteiger partial charge in [0.25, 0.3) is 0 Å². The minimum absolute atomic E-state index is 0.0513. The third-order valence-corrected chi connectivity index (χ3v) is 3.12. The first kappa shape index (κ1) is 13.4. The van der Waals surface area contributed by atoms with Gasteiger partial charge in [-0.25, -0.2) is 0 Å². The van der Waals surface area contributed by atoms with Crippen LogP contribution in [0.15, 0.2) is 0 Å². The third-order valence-electron chi connectivity index (χ3n) is 3.12. The van der Waals surface area contributed by atoms with Crippen LogP contribution < -0.4 is 5.32 Å². The van der Waals surface area contributed by atoms with Gasteiger partial charge in [-0.1, -0.05) is 20.8 Å². The number of nitrogens with one attached hydrogen (secondary N) is 1. The summed E-state index contributed by atoms with van der Waals surface area (Å²) in [6.45, 7) is 7.06. The summed E-state index contributed by atoms with van der Waals surface area (Å²) in [7, 11) is 0. The molecule has 82 valence electrons. The summed E-state index contributed by atoms with van der Waals surface area (Å²) in [4.78, 5) is 0. The highest BCUT2D eigenvalue weighted by Crippen LogP contribution is 2.24. The third kappa shape index (κ3) is 3.65. The number of nitriles is 1. The Morgan fingerprint density at radius 2 is 1.93 bits per heavy atom. The van der Waals surface area contributed by atoms with Crippen molar-refractivity contribution in [3.8, 4) is 6.07 Å². The van der Waals surface area contributed by atoms with Crippen molar-refractivity contribution in [1.29, 1.82) is 5.26 Å². The fourth-order valence-corrected chi connectivity index (χ4v) is 1.40. The minimum Gasteiger partial charge on any atom is -0.396 e. The van der Waals surface area contributed by atoms with E-state index >= 15 is 0 Å². The molecule has 14 heavy (non-hydrogen) atoms. The smallest absolute Gasteiger partial charge is 0.0950 e. The fourth-order valence-electron chi connectivity index (χ4n) is 1.40. The second kappa shape index (κ2) is 6.80. The average molecular weight is 198 g/mol. The maximum absolute atomic E-state index is 9.31. The zero-order valence-corrected chi connectivity index (χ0v) is 9.51. The van der Waals surface area contributed by atoms with E-state index in [4.69, 9.17) is 5.26 Å². The molecule has 0 heterocycles. The Morgan fingerprint density at radius 1 is 1.36 bits per heavy atom. The monoisotopic (exact) mass is 198 g/mol. The molecule has 3 nitrogen and oxygen atoms in total. The van der Waals surface area contributed by atoms with Crippen LogP contribution in [0.4, 0.5) is 0 Å². The van der Waals surface area contributed by atoms with Crippen LogP contribution in [0.2, 0.25) is 0 Å². The summed E-state index contributed by atoms with van der Waals surface area (Å²) in [5.74, 6) is 0. The molecule has 0 spiro atoms. The van der Waals surface area contributed by atoms with E-state index in [-0.39, 0.29) is 18.1 Å². The van der Waals surface area contributed by atoms with Gasteiger partial charge in [0.05, 0.1) is 12.1 Å². The van der Waals surface area contributed by atoms with Crippen LogP contribution in [-0.4, -0.2) is 24.3 Å². The standard InChI is InChI=1S/C11H22N2O/c1-4-10(7-12)13-8-11(5-2,6-3)9-14/h10,13-14H,4-6,8-9H2,1-3H3. The lowest BCUT2D eigenvalue weighted by Gasteiger charge is -2.30. The average Bonchev–Trinajstić information content (AvgIpc) is 2.26. The molecule has 2 N–H and O–H groups in total. The molecule has 0 aromatic rings. The molecule has 0 aliphatic heterocycles. The zero-order valence-electron chi connectivity index (χ0n) is 9.51. The molecule has 0 aromatic carbocycles. The van der Waals surface area contributed by atoms with Crippen molar-refractivity contribution in [2.24, 2.45) is 5.41 Å². The second-order valence-corrected chi connectivity index (χ2v) is 3.84. The summed E-state index contributed by atoms with van der Waals surface area (Å²) in [6, 6.07) is 2.12. The molecule has 1 unspecified atom stereocenters. The number of nitrogens with zero attached hydrogens (tertiary/aromatic N) is 1. The number of hydrogen-bond donors (Lipinski definition) is 2. The Kier molecular flexibility index (Phi) is 6.52. The van der Waals surface area contributed by atoms with Crippen molar-refractivity contribution in [3.05, 3.63) is 0 Å². The van der Waals surface area contributed by atoms with E-state index in [1.165, 1.54) is 0 Å². The number of hydrogen-bond acceptors (Lipinski definition) is 3. The highest BCUT2D eigenvalue weighted by Gasteiger charge is 2.25. The first-order valence-electron chi connectivity index (χ1n) is 5.41. The Bertz CT molecular complexity index is 174. The first-order valence-corrected chi connectivity index (χ1v) is 5.41. The largest absolute Gasteiger partial charge is 0.396 e. The lowest BCUT2D eigenvalue weighted by atomic mass is 9.83. The van der Waals surface area contributed by atoms with Crippen LogP contribution >= 0.6 is 0 Å². The van der Waals surface area contributed by atoms with Crippen molar-refractivity contribution in [2.75, 3.05) is 13.2 Å². The predicted molar refractivity (Wildman–Crippen MR) is 57.8 cm³/mol. The molecule has 0 radical (unpaired) electrons. The first-order chi connectivity index (χ1) is 6.67. The van der Waals surface area contributed by atoms with Crippen molar-refractivity contribution < 1.29 is 5.11 Å². The highest BCUT2D eigenvalue weighted by molar-refractivity contribution is 4.91. The maximum Gasteiger partial charge on any atom is 0.0950 e. The van der Waals surface area contributed by atoms with Gasteiger partial charge in [-0.05, 0) is 19.3 Å². The van der Waals surface area contributed by atoms with Crippen molar-refractivity contribution >= 4 is 0 Å². The fraction of sp³-hybridized carbons (Fsp3) is 0.909. The van der Waals surface area contributed by atoms with Gasteiger partial charge >= 0.3 is 0 Å². The molecule has 0 amide bonds. The van der Waals surface area contributed by atoms with E-state index in [1.54, 1.807) is 0 Å². The normalized spacial score (nSPS) is 13.6. The molecule has 3 heteroatoms. The van der Waals surface area contributed by atoms with Gasteiger partial charge < -0.3 is 10.4 Å². The Balaban J connectivity index is 4.12. The number of aliphatic hydroxyl groups excluding tert-OH is 1. The molecule has 0 aliphatic carbocycles. The van der Waals surface area contributed by atoms with Crippen LogP contribution in [0.25, 0.3) is 0 Å². The molecular formula is C11H22N2O. The molecule has 0 aromatic heterocycles. The number of rotatable bonds is 7.